The van der Waals surface area contributed by atoms with E-state index in [4.69, 9.17) is 4.74 Å². The summed E-state index contributed by atoms with van der Waals surface area (Å²) in [5.41, 5.74) is 3.18. The van der Waals surface area contributed by atoms with Crippen LogP contribution < -0.4 is 10.1 Å². The van der Waals surface area contributed by atoms with E-state index in [9.17, 15) is 4.79 Å². The second-order valence-electron chi connectivity index (χ2n) is 4.82. The largest absolute Gasteiger partial charge is 0.484 e. The quantitative estimate of drug-likeness (QED) is 0.939. The summed E-state index contributed by atoms with van der Waals surface area (Å²) >= 11 is 1.47. The Hall–Kier alpha value is -1.88. The Morgan fingerprint density at radius 2 is 1.85 bits per heavy atom. The van der Waals surface area contributed by atoms with E-state index in [0.717, 1.165) is 21.7 Å². The van der Waals surface area contributed by atoms with Gasteiger partial charge < -0.3 is 4.74 Å². The summed E-state index contributed by atoms with van der Waals surface area (Å²) in [5.74, 6) is 0.516. The Kier molecular flexibility index (Phi) is 4.39. The first-order valence-electron chi connectivity index (χ1n) is 6.39. The van der Waals surface area contributed by atoms with E-state index in [1.807, 2.05) is 39.8 Å². The number of hydrogen-bond acceptors (Lipinski definition) is 4. The van der Waals surface area contributed by atoms with Crippen molar-refractivity contribution in [3.8, 4) is 5.75 Å². The zero-order chi connectivity index (χ0) is 14.7. The number of carbonyl (C=O) groups excluding carboxylic acids is 1. The molecule has 0 saturated carbocycles. The second-order valence-corrected chi connectivity index (χ2v) is 6.02. The molecule has 0 fully saturated rings. The first-order valence-corrected chi connectivity index (χ1v) is 7.20. The van der Waals surface area contributed by atoms with E-state index in [1.54, 1.807) is 0 Å². The zero-order valence-electron chi connectivity index (χ0n) is 12.1. The molecule has 0 aliphatic carbocycles. The predicted octanol–water partition coefficient (Wildman–Crippen LogP) is 3.39. The van der Waals surface area contributed by atoms with E-state index in [2.05, 4.69) is 16.4 Å². The molecule has 0 spiro atoms. The number of ether oxygens (including phenoxy) is 1. The lowest BCUT2D eigenvalue weighted by molar-refractivity contribution is -0.118. The van der Waals surface area contributed by atoms with Crippen molar-refractivity contribution in [1.29, 1.82) is 0 Å². The highest BCUT2D eigenvalue weighted by atomic mass is 32.1. The number of carbonyl (C=O) groups is 1. The Balaban J connectivity index is 1.92. The summed E-state index contributed by atoms with van der Waals surface area (Å²) in [6.07, 6.45) is 0. The van der Waals surface area contributed by atoms with Crippen molar-refractivity contribution < 1.29 is 9.53 Å². The van der Waals surface area contributed by atoms with Crippen LogP contribution in [0.25, 0.3) is 0 Å². The molecule has 1 amide bonds. The van der Waals surface area contributed by atoms with Crippen LogP contribution in [0, 0.1) is 27.7 Å². The molecule has 2 rings (SSSR count). The van der Waals surface area contributed by atoms with Gasteiger partial charge in [-0.15, -0.1) is 11.3 Å². The maximum Gasteiger partial charge on any atom is 0.264 e. The highest BCUT2D eigenvalue weighted by Gasteiger charge is 2.08. The van der Waals surface area contributed by atoms with E-state index in [0.29, 0.717) is 10.9 Å². The lowest BCUT2D eigenvalue weighted by Crippen LogP contribution is -2.20. The lowest BCUT2D eigenvalue weighted by Gasteiger charge is -2.07. The van der Waals surface area contributed by atoms with Gasteiger partial charge in [-0.2, -0.15) is 0 Å². The molecule has 2 aromatic rings. The van der Waals surface area contributed by atoms with Crippen molar-refractivity contribution in [3.63, 3.8) is 0 Å². The van der Waals surface area contributed by atoms with Crippen LogP contribution in [-0.4, -0.2) is 17.5 Å². The molecular weight excluding hydrogens is 272 g/mol. The minimum atomic E-state index is -0.196. The number of nitrogens with zero attached hydrogens (tertiary/aromatic N) is 1. The molecule has 4 nitrogen and oxygen atoms in total. The van der Waals surface area contributed by atoms with Gasteiger partial charge in [0.2, 0.25) is 0 Å². The fourth-order valence-corrected chi connectivity index (χ4v) is 2.68. The maximum absolute atomic E-state index is 11.8. The average Bonchev–Trinajstić information content (AvgIpc) is 2.64. The summed E-state index contributed by atoms with van der Waals surface area (Å²) in [7, 11) is 0. The van der Waals surface area contributed by atoms with E-state index in [1.165, 1.54) is 11.3 Å². The number of thiazole rings is 1. The molecule has 0 bridgehead atoms. The number of anilines is 1. The Morgan fingerprint density at radius 1 is 1.20 bits per heavy atom. The summed E-state index contributed by atoms with van der Waals surface area (Å²) in [4.78, 5) is 17.2. The first kappa shape index (κ1) is 14.5. The molecular formula is C15H18N2O2S. The molecule has 20 heavy (non-hydrogen) atoms. The Bertz CT molecular complexity index is 595. The Morgan fingerprint density at radius 3 is 2.40 bits per heavy atom. The normalized spacial score (nSPS) is 10.4. The third kappa shape index (κ3) is 3.81. The summed E-state index contributed by atoms with van der Waals surface area (Å²) in [6.45, 7) is 7.89. The van der Waals surface area contributed by atoms with Gasteiger partial charge >= 0.3 is 0 Å². The monoisotopic (exact) mass is 290 g/mol. The molecule has 1 aromatic carbocycles. The predicted molar refractivity (Wildman–Crippen MR) is 81.6 cm³/mol. The van der Waals surface area contributed by atoms with Crippen molar-refractivity contribution in [1.82, 2.24) is 4.98 Å². The lowest BCUT2D eigenvalue weighted by atomic mass is 10.1. The molecule has 0 unspecified atom stereocenters. The van der Waals surface area contributed by atoms with Crippen LogP contribution in [0.2, 0.25) is 0 Å². The van der Waals surface area contributed by atoms with Crippen molar-refractivity contribution in [2.75, 3.05) is 11.9 Å². The first-order chi connectivity index (χ1) is 9.44. The van der Waals surface area contributed by atoms with Gasteiger partial charge in [0.1, 0.15) is 5.75 Å². The van der Waals surface area contributed by atoms with Crippen LogP contribution in [0.5, 0.6) is 5.75 Å². The molecule has 0 aliphatic rings. The van der Waals surface area contributed by atoms with Crippen LogP contribution in [0.4, 0.5) is 5.13 Å². The number of nitrogens with one attached hydrogen (secondary N) is 1. The highest BCUT2D eigenvalue weighted by Crippen LogP contribution is 2.21. The van der Waals surface area contributed by atoms with Crippen molar-refractivity contribution in [3.05, 3.63) is 39.9 Å². The number of benzene rings is 1. The van der Waals surface area contributed by atoms with Gasteiger partial charge in [0, 0.05) is 4.88 Å². The van der Waals surface area contributed by atoms with Gasteiger partial charge in [0.15, 0.2) is 11.7 Å². The van der Waals surface area contributed by atoms with Crippen LogP contribution >= 0.6 is 11.3 Å². The highest BCUT2D eigenvalue weighted by molar-refractivity contribution is 7.15. The van der Waals surface area contributed by atoms with Gasteiger partial charge in [0.05, 0.1) is 5.69 Å². The van der Waals surface area contributed by atoms with Gasteiger partial charge in [0.25, 0.3) is 5.91 Å². The molecule has 0 aliphatic heterocycles. The average molecular weight is 290 g/mol. The molecule has 1 N–H and O–H groups in total. The topological polar surface area (TPSA) is 51.2 Å². The molecule has 0 atom stereocenters. The number of hydrogen-bond donors (Lipinski definition) is 1. The standard InChI is InChI=1S/C15H18N2O2S/c1-9-5-10(2)7-13(6-9)19-8-14(18)17-15-16-11(3)12(4)20-15/h5-7H,8H2,1-4H3,(H,16,17,18). The molecule has 5 heteroatoms. The van der Waals surface area contributed by atoms with Gasteiger partial charge in [-0.05, 0) is 51.0 Å². The number of aromatic nitrogens is 1. The van der Waals surface area contributed by atoms with Crippen molar-refractivity contribution in [2.45, 2.75) is 27.7 Å². The van der Waals surface area contributed by atoms with E-state index >= 15 is 0 Å². The second kappa shape index (κ2) is 6.05. The van der Waals surface area contributed by atoms with Crippen LogP contribution in [0.1, 0.15) is 21.7 Å². The molecule has 1 heterocycles. The smallest absolute Gasteiger partial charge is 0.264 e. The number of aryl methyl sites for hydroxylation is 4. The van der Waals surface area contributed by atoms with Crippen molar-refractivity contribution >= 4 is 22.4 Å². The minimum absolute atomic E-state index is 0.0133. The SMILES string of the molecule is Cc1cc(C)cc(OCC(=O)Nc2nc(C)c(C)s2)c1. The van der Waals surface area contributed by atoms with Gasteiger partial charge in [-0.25, -0.2) is 4.98 Å². The summed E-state index contributed by atoms with van der Waals surface area (Å²) in [6, 6.07) is 5.89. The third-order valence-corrected chi connectivity index (χ3v) is 3.83. The number of rotatable bonds is 4. The molecule has 106 valence electrons. The van der Waals surface area contributed by atoms with Gasteiger partial charge in [-0.3, -0.25) is 10.1 Å². The number of amides is 1. The van der Waals surface area contributed by atoms with E-state index < -0.39 is 0 Å². The van der Waals surface area contributed by atoms with Crippen LogP contribution in [-0.2, 0) is 4.79 Å². The maximum atomic E-state index is 11.8. The summed E-state index contributed by atoms with van der Waals surface area (Å²) in [5, 5.41) is 3.37. The molecule has 1 aromatic heterocycles. The fraction of sp³-hybridized carbons (Fsp3) is 0.333. The fourth-order valence-electron chi connectivity index (χ4n) is 1.85. The molecule has 0 radical (unpaired) electrons. The zero-order valence-corrected chi connectivity index (χ0v) is 12.9. The van der Waals surface area contributed by atoms with Crippen molar-refractivity contribution in [2.24, 2.45) is 0 Å². The third-order valence-electron chi connectivity index (χ3n) is 2.84. The Labute approximate surface area is 122 Å². The van der Waals surface area contributed by atoms with Crippen LogP contribution in [0.15, 0.2) is 18.2 Å². The minimum Gasteiger partial charge on any atom is -0.484 e. The molecule has 0 saturated heterocycles. The van der Waals surface area contributed by atoms with Crippen LogP contribution in [0.3, 0.4) is 0 Å². The van der Waals surface area contributed by atoms with E-state index in [-0.39, 0.29) is 12.5 Å². The summed E-state index contributed by atoms with van der Waals surface area (Å²) < 4.78 is 5.50. The van der Waals surface area contributed by atoms with Gasteiger partial charge in [-0.1, -0.05) is 6.07 Å².